The molecule has 90 valence electrons. The van der Waals surface area contributed by atoms with Crippen LogP contribution in [0.4, 0.5) is 5.82 Å². The normalized spacial score (nSPS) is 10.5. The predicted molar refractivity (Wildman–Crippen MR) is 71.0 cm³/mol. The molecule has 4 nitrogen and oxygen atoms in total. The van der Waals surface area contributed by atoms with Crippen molar-refractivity contribution in [2.45, 2.75) is 6.42 Å². The molecule has 1 aromatic carbocycles. The van der Waals surface area contributed by atoms with Gasteiger partial charge in [-0.05, 0) is 28.1 Å². The predicted octanol–water partition coefficient (Wildman–Crippen LogP) is 2.39. The highest BCUT2D eigenvalue weighted by Gasteiger charge is 2.03. The number of ether oxygens (including phenoxy) is 1. The minimum absolute atomic E-state index is 0.582. The van der Waals surface area contributed by atoms with Gasteiger partial charge in [-0.3, -0.25) is 4.68 Å². The molecule has 0 aliphatic heterocycles. The summed E-state index contributed by atoms with van der Waals surface area (Å²) < 4.78 is 8.27. The van der Waals surface area contributed by atoms with Crippen LogP contribution >= 0.6 is 15.9 Å². The van der Waals surface area contributed by atoms with Crippen molar-refractivity contribution in [1.82, 2.24) is 9.78 Å². The Labute approximate surface area is 109 Å². The molecule has 0 bridgehead atoms. The molecule has 0 unspecified atom stereocenters. The highest BCUT2D eigenvalue weighted by molar-refractivity contribution is 9.10. The third-order valence-corrected chi connectivity index (χ3v) is 3.07. The molecular weight excluding hydrogens is 282 g/mol. The van der Waals surface area contributed by atoms with E-state index in [4.69, 9.17) is 10.5 Å². The molecular formula is C12H14BrN3O. The highest BCUT2D eigenvalue weighted by atomic mass is 79.9. The SMILES string of the molecule is Cn1nc(CCOc2ccccc2Br)cc1N. The van der Waals surface area contributed by atoms with Crippen LogP contribution in [0.5, 0.6) is 5.75 Å². The summed E-state index contributed by atoms with van der Waals surface area (Å²) in [6.07, 6.45) is 0.742. The van der Waals surface area contributed by atoms with Crippen molar-refractivity contribution in [2.75, 3.05) is 12.3 Å². The topological polar surface area (TPSA) is 53.1 Å². The zero-order chi connectivity index (χ0) is 12.3. The fourth-order valence-electron chi connectivity index (χ4n) is 1.49. The summed E-state index contributed by atoms with van der Waals surface area (Å²) in [6, 6.07) is 9.64. The van der Waals surface area contributed by atoms with E-state index < -0.39 is 0 Å². The lowest BCUT2D eigenvalue weighted by Gasteiger charge is -2.06. The van der Waals surface area contributed by atoms with E-state index in [1.54, 1.807) is 4.68 Å². The summed E-state index contributed by atoms with van der Waals surface area (Å²) in [6.45, 7) is 0.582. The van der Waals surface area contributed by atoms with Gasteiger partial charge in [0.15, 0.2) is 0 Å². The number of hydrogen-bond acceptors (Lipinski definition) is 3. The summed E-state index contributed by atoms with van der Waals surface area (Å²) in [5, 5.41) is 4.26. The van der Waals surface area contributed by atoms with Crippen LogP contribution < -0.4 is 10.5 Å². The number of halogens is 1. The number of nitrogen functional groups attached to an aromatic ring is 1. The fourth-order valence-corrected chi connectivity index (χ4v) is 1.89. The number of aryl methyl sites for hydroxylation is 1. The number of aromatic nitrogens is 2. The molecule has 17 heavy (non-hydrogen) atoms. The number of anilines is 1. The molecule has 2 rings (SSSR count). The molecule has 0 atom stereocenters. The maximum absolute atomic E-state index is 5.70. The highest BCUT2D eigenvalue weighted by Crippen LogP contribution is 2.23. The summed E-state index contributed by atoms with van der Waals surface area (Å²) in [7, 11) is 1.83. The molecule has 5 heteroatoms. The second-order valence-electron chi connectivity index (χ2n) is 3.71. The minimum Gasteiger partial charge on any atom is -0.492 e. The van der Waals surface area contributed by atoms with Crippen LogP contribution in [0.15, 0.2) is 34.8 Å². The molecule has 2 N–H and O–H groups in total. The van der Waals surface area contributed by atoms with E-state index >= 15 is 0 Å². The number of hydrogen-bond donors (Lipinski definition) is 1. The van der Waals surface area contributed by atoms with Crippen molar-refractivity contribution in [3.05, 3.63) is 40.5 Å². The van der Waals surface area contributed by atoms with E-state index in [-0.39, 0.29) is 0 Å². The Hall–Kier alpha value is -1.49. The van der Waals surface area contributed by atoms with Crippen molar-refractivity contribution in [2.24, 2.45) is 7.05 Å². The maximum Gasteiger partial charge on any atom is 0.133 e. The van der Waals surface area contributed by atoms with E-state index in [0.29, 0.717) is 12.4 Å². The van der Waals surface area contributed by atoms with Crippen molar-refractivity contribution >= 4 is 21.7 Å². The Balaban J connectivity index is 1.90. The maximum atomic E-state index is 5.70. The number of nitrogens with zero attached hydrogens (tertiary/aromatic N) is 2. The van der Waals surface area contributed by atoms with Crippen LogP contribution in [-0.4, -0.2) is 16.4 Å². The van der Waals surface area contributed by atoms with Crippen LogP contribution in [0.3, 0.4) is 0 Å². The van der Waals surface area contributed by atoms with Gasteiger partial charge in [-0.15, -0.1) is 0 Å². The van der Waals surface area contributed by atoms with Gasteiger partial charge in [0.2, 0.25) is 0 Å². The van der Waals surface area contributed by atoms with Crippen molar-refractivity contribution in [3.63, 3.8) is 0 Å². The van der Waals surface area contributed by atoms with Crippen LogP contribution in [-0.2, 0) is 13.5 Å². The smallest absolute Gasteiger partial charge is 0.133 e. The Morgan fingerprint density at radius 1 is 1.41 bits per heavy atom. The van der Waals surface area contributed by atoms with Gasteiger partial charge in [0.05, 0.1) is 16.8 Å². The monoisotopic (exact) mass is 295 g/mol. The molecule has 0 spiro atoms. The third kappa shape index (κ3) is 3.00. The first kappa shape index (κ1) is 12.0. The summed E-state index contributed by atoms with van der Waals surface area (Å²) in [5.41, 5.74) is 6.64. The standard InChI is InChI=1S/C12H14BrN3O/c1-16-12(14)8-9(15-16)6-7-17-11-5-3-2-4-10(11)13/h2-5,8H,6-7,14H2,1H3. The van der Waals surface area contributed by atoms with Gasteiger partial charge in [-0.25, -0.2) is 0 Å². The molecule has 0 radical (unpaired) electrons. The Morgan fingerprint density at radius 2 is 2.18 bits per heavy atom. The number of nitrogens with two attached hydrogens (primary N) is 1. The first-order valence-corrected chi connectivity index (χ1v) is 6.12. The Morgan fingerprint density at radius 3 is 2.82 bits per heavy atom. The molecule has 1 aromatic heterocycles. The summed E-state index contributed by atoms with van der Waals surface area (Å²) >= 11 is 3.43. The second kappa shape index (κ2) is 5.23. The molecule has 0 aliphatic carbocycles. The molecule has 0 fully saturated rings. The van der Waals surface area contributed by atoms with Gasteiger partial charge in [-0.1, -0.05) is 12.1 Å². The lowest BCUT2D eigenvalue weighted by atomic mass is 10.3. The lowest BCUT2D eigenvalue weighted by Crippen LogP contribution is -2.03. The van der Waals surface area contributed by atoms with Crippen LogP contribution in [0, 0.1) is 0 Å². The van der Waals surface area contributed by atoms with E-state index in [1.807, 2.05) is 37.4 Å². The van der Waals surface area contributed by atoms with Gasteiger partial charge < -0.3 is 10.5 Å². The third-order valence-electron chi connectivity index (χ3n) is 2.42. The summed E-state index contributed by atoms with van der Waals surface area (Å²) in [4.78, 5) is 0. The average Bonchev–Trinajstić information content (AvgIpc) is 2.61. The number of para-hydroxylation sites is 1. The van der Waals surface area contributed by atoms with Gasteiger partial charge >= 0.3 is 0 Å². The molecule has 2 aromatic rings. The molecule has 0 saturated carbocycles. The molecule has 0 amide bonds. The first-order chi connectivity index (χ1) is 8.16. The zero-order valence-corrected chi connectivity index (χ0v) is 11.1. The lowest BCUT2D eigenvalue weighted by molar-refractivity contribution is 0.318. The minimum atomic E-state index is 0.582. The van der Waals surface area contributed by atoms with Gasteiger partial charge in [0, 0.05) is 19.5 Å². The average molecular weight is 296 g/mol. The quantitative estimate of drug-likeness (QED) is 0.942. The van der Waals surface area contributed by atoms with Crippen LogP contribution in [0.25, 0.3) is 0 Å². The van der Waals surface area contributed by atoms with E-state index in [1.165, 1.54) is 0 Å². The zero-order valence-electron chi connectivity index (χ0n) is 9.56. The number of benzene rings is 1. The van der Waals surface area contributed by atoms with Gasteiger partial charge in [0.25, 0.3) is 0 Å². The molecule has 1 heterocycles. The van der Waals surface area contributed by atoms with E-state index in [0.717, 1.165) is 22.3 Å². The van der Waals surface area contributed by atoms with E-state index in [2.05, 4.69) is 21.0 Å². The number of rotatable bonds is 4. The Bertz CT molecular complexity index is 491. The van der Waals surface area contributed by atoms with Crippen molar-refractivity contribution in [1.29, 1.82) is 0 Å². The Kier molecular flexibility index (Phi) is 3.68. The molecule has 0 aliphatic rings. The summed E-state index contributed by atoms with van der Waals surface area (Å²) in [5.74, 6) is 1.51. The largest absolute Gasteiger partial charge is 0.492 e. The molecule has 0 saturated heterocycles. The van der Waals surface area contributed by atoms with Crippen molar-refractivity contribution < 1.29 is 4.74 Å². The van der Waals surface area contributed by atoms with Crippen LogP contribution in [0.2, 0.25) is 0 Å². The van der Waals surface area contributed by atoms with Crippen molar-refractivity contribution in [3.8, 4) is 5.75 Å². The fraction of sp³-hybridized carbons (Fsp3) is 0.250. The van der Waals surface area contributed by atoms with E-state index in [9.17, 15) is 0 Å². The van der Waals surface area contributed by atoms with Gasteiger partial charge in [-0.2, -0.15) is 5.10 Å². The van der Waals surface area contributed by atoms with Gasteiger partial charge in [0.1, 0.15) is 11.6 Å². The van der Waals surface area contributed by atoms with Crippen LogP contribution in [0.1, 0.15) is 5.69 Å². The first-order valence-electron chi connectivity index (χ1n) is 5.32. The second-order valence-corrected chi connectivity index (χ2v) is 4.57.